The molecule has 0 N–H and O–H groups in total. The number of alkyl halides is 7. The minimum atomic E-state index is -6.70. The highest BCUT2D eigenvalue weighted by Crippen LogP contribution is 2.48. The van der Waals surface area contributed by atoms with Crippen molar-refractivity contribution in [3.05, 3.63) is 22.4 Å². The minimum absolute atomic E-state index is 0.116. The van der Waals surface area contributed by atoms with Crippen LogP contribution >= 0.6 is 15.9 Å². The molecule has 12 heteroatoms. The van der Waals surface area contributed by atoms with Gasteiger partial charge in [0.2, 0.25) is 0 Å². The fourth-order valence-corrected chi connectivity index (χ4v) is 1.55. The van der Waals surface area contributed by atoms with Crippen LogP contribution in [0.3, 0.4) is 0 Å². The Balaban J connectivity index is 3.20. The number of halogens is 8. The number of rotatable bonds is 3. The second-order valence-electron chi connectivity index (χ2n) is 3.81. The molecular formula is C9H5BrF7N2O2. The topological polar surface area (TPSA) is 45.1 Å². The average molecular weight is 386 g/mol. The van der Waals surface area contributed by atoms with Crippen LogP contribution in [0.25, 0.3) is 0 Å². The predicted octanol–water partition coefficient (Wildman–Crippen LogP) is 3.37. The van der Waals surface area contributed by atoms with Gasteiger partial charge in [0.1, 0.15) is 5.69 Å². The molecule has 21 heavy (non-hydrogen) atoms. The van der Waals surface area contributed by atoms with Gasteiger partial charge in [-0.05, 0) is 28.1 Å². The molecule has 0 aliphatic heterocycles. The van der Waals surface area contributed by atoms with E-state index in [1.165, 1.54) is 0 Å². The first kappa shape index (κ1) is 17.8. The summed E-state index contributed by atoms with van der Waals surface area (Å²) in [6.07, 6.45) is -6.70. The van der Waals surface area contributed by atoms with Gasteiger partial charge in [-0.2, -0.15) is 30.7 Å². The monoisotopic (exact) mass is 385 g/mol. The van der Waals surface area contributed by atoms with Crippen LogP contribution in [0.15, 0.2) is 16.7 Å². The molecule has 0 atom stereocenters. The van der Waals surface area contributed by atoms with Crippen molar-refractivity contribution in [2.45, 2.75) is 18.1 Å². The molecule has 0 aromatic carbocycles. The van der Waals surface area contributed by atoms with Crippen LogP contribution in [0.4, 0.5) is 30.7 Å². The van der Waals surface area contributed by atoms with Crippen LogP contribution in [-0.2, 0) is 12.3 Å². The van der Waals surface area contributed by atoms with Crippen LogP contribution < -0.4 is 0 Å². The van der Waals surface area contributed by atoms with Crippen molar-refractivity contribution in [2.24, 2.45) is 7.05 Å². The third-order valence-electron chi connectivity index (χ3n) is 2.45. The summed E-state index contributed by atoms with van der Waals surface area (Å²) in [6.45, 7) is 0. The van der Waals surface area contributed by atoms with Crippen molar-refractivity contribution in [3.8, 4) is 0 Å². The minimum Gasteiger partial charge on any atom is -0.334 e. The Kier molecular flexibility index (Phi) is 4.36. The molecule has 4 nitrogen and oxygen atoms in total. The Morgan fingerprint density at radius 1 is 1.14 bits per heavy atom. The van der Waals surface area contributed by atoms with Crippen molar-refractivity contribution < 1.29 is 40.7 Å². The quantitative estimate of drug-likeness (QED) is 0.447. The molecule has 1 amide bonds. The lowest BCUT2D eigenvalue weighted by molar-refractivity contribution is -0.425. The van der Waals surface area contributed by atoms with Crippen LogP contribution in [0.5, 0.6) is 0 Å². The molecule has 1 rings (SSSR count). The molecular weight excluding hydrogens is 381 g/mol. The number of amides is 1. The van der Waals surface area contributed by atoms with Gasteiger partial charge < -0.3 is 4.57 Å². The van der Waals surface area contributed by atoms with E-state index in [0.717, 1.165) is 23.7 Å². The van der Waals surface area contributed by atoms with Gasteiger partial charge >= 0.3 is 24.1 Å². The highest BCUT2D eigenvalue weighted by Gasteiger charge is 2.77. The molecule has 0 saturated heterocycles. The third-order valence-corrected chi connectivity index (χ3v) is 3.25. The number of carbonyl (C=O) groups excluding carboxylic acids is 1. The molecule has 0 aliphatic carbocycles. The van der Waals surface area contributed by atoms with Gasteiger partial charge in [-0.3, -0.25) is 4.79 Å². The fraction of sp³-hybridized carbons (Fsp3) is 0.444. The van der Waals surface area contributed by atoms with E-state index in [2.05, 4.69) is 15.9 Å². The predicted molar refractivity (Wildman–Crippen MR) is 55.9 cm³/mol. The van der Waals surface area contributed by atoms with Gasteiger partial charge in [-0.15, -0.1) is 5.06 Å². The SMILES string of the molecule is Cn1c(Br)ccc1C(=O)N([O])C(F)(F)C(F)(F)C(F)(F)F. The first-order chi connectivity index (χ1) is 9.25. The van der Waals surface area contributed by atoms with E-state index in [1.807, 2.05) is 0 Å². The van der Waals surface area contributed by atoms with Gasteiger partial charge in [-0.1, -0.05) is 5.21 Å². The average Bonchev–Trinajstić information content (AvgIpc) is 2.66. The van der Waals surface area contributed by atoms with Crippen molar-refractivity contribution in [1.29, 1.82) is 0 Å². The summed E-state index contributed by atoms with van der Waals surface area (Å²) in [4.78, 5) is 11.4. The lowest BCUT2D eigenvalue weighted by atomic mass is 10.2. The van der Waals surface area contributed by atoms with Crippen LogP contribution in [-0.4, -0.2) is 33.7 Å². The summed E-state index contributed by atoms with van der Waals surface area (Å²) < 4.78 is 88.1. The number of carbonyl (C=O) groups is 1. The Hall–Kier alpha value is -1.30. The van der Waals surface area contributed by atoms with Crippen molar-refractivity contribution in [1.82, 2.24) is 9.63 Å². The van der Waals surface area contributed by atoms with E-state index >= 15 is 0 Å². The summed E-state index contributed by atoms with van der Waals surface area (Å²) in [7, 11) is 1.10. The zero-order chi connectivity index (χ0) is 16.8. The van der Waals surface area contributed by atoms with Crippen molar-refractivity contribution >= 4 is 21.8 Å². The molecule has 0 bridgehead atoms. The van der Waals surface area contributed by atoms with Crippen LogP contribution in [0.2, 0.25) is 0 Å². The second-order valence-corrected chi connectivity index (χ2v) is 4.63. The van der Waals surface area contributed by atoms with Crippen molar-refractivity contribution in [2.75, 3.05) is 0 Å². The number of hydroxylamine groups is 2. The third kappa shape index (κ3) is 2.73. The first-order valence-corrected chi connectivity index (χ1v) is 5.69. The molecule has 119 valence electrons. The molecule has 0 unspecified atom stereocenters. The van der Waals surface area contributed by atoms with Crippen LogP contribution in [0.1, 0.15) is 10.5 Å². The zero-order valence-corrected chi connectivity index (χ0v) is 11.5. The van der Waals surface area contributed by atoms with Crippen LogP contribution in [0, 0.1) is 0 Å². The molecule has 1 radical (unpaired) electrons. The maximum absolute atomic E-state index is 13.1. The molecule has 1 heterocycles. The molecule has 0 fully saturated rings. The standard InChI is InChI=1S/C9H5BrF7N2O2/c1-18-4(2-3-5(18)10)6(20)19(21)9(16,17)7(11,12)8(13,14)15/h2-3H,1H3. The largest absolute Gasteiger partial charge is 0.462 e. The Bertz CT molecular complexity index is 555. The number of nitrogens with zero attached hydrogens (tertiary/aromatic N) is 2. The van der Waals surface area contributed by atoms with E-state index in [9.17, 15) is 40.7 Å². The van der Waals surface area contributed by atoms with Gasteiger partial charge in [0.05, 0.1) is 4.60 Å². The van der Waals surface area contributed by atoms with E-state index in [-0.39, 0.29) is 4.60 Å². The number of aromatic nitrogens is 1. The van der Waals surface area contributed by atoms with Gasteiger partial charge in [0, 0.05) is 7.05 Å². The molecule has 0 spiro atoms. The molecule has 1 aromatic rings. The van der Waals surface area contributed by atoms with E-state index in [1.54, 1.807) is 0 Å². The lowest BCUT2D eigenvalue weighted by Crippen LogP contribution is -2.61. The van der Waals surface area contributed by atoms with E-state index in [0.29, 0.717) is 0 Å². The Morgan fingerprint density at radius 2 is 1.62 bits per heavy atom. The van der Waals surface area contributed by atoms with Gasteiger partial charge in [0.25, 0.3) is 0 Å². The Labute approximate surface area is 120 Å². The fourth-order valence-electron chi connectivity index (χ4n) is 1.23. The highest BCUT2D eigenvalue weighted by molar-refractivity contribution is 9.10. The maximum atomic E-state index is 13.1. The van der Waals surface area contributed by atoms with Gasteiger partial charge in [0.15, 0.2) is 0 Å². The summed E-state index contributed by atoms with van der Waals surface area (Å²) in [5.41, 5.74) is -0.797. The smallest absolute Gasteiger partial charge is 0.334 e. The summed E-state index contributed by atoms with van der Waals surface area (Å²) >= 11 is 2.83. The second kappa shape index (κ2) is 5.16. The maximum Gasteiger partial charge on any atom is 0.462 e. The normalized spacial score (nSPS) is 13.4. The Morgan fingerprint density at radius 3 is 1.95 bits per heavy atom. The summed E-state index contributed by atoms with van der Waals surface area (Å²) in [6, 6.07) is -4.38. The van der Waals surface area contributed by atoms with E-state index in [4.69, 9.17) is 0 Å². The number of hydrogen-bond donors (Lipinski definition) is 0. The molecule has 0 saturated carbocycles. The summed E-state index contributed by atoms with van der Waals surface area (Å²) in [5.74, 6) is -8.93. The summed E-state index contributed by atoms with van der Waals surface area (Å²) in [5, 5.41) is 8.85. The zero-order valence-electron chi connectivity index (χ0n) is 9.89. The molecule has 1 aromatic heterocycles. The van der Waals surface area contributed by atoms with Gasteiger partial charge in [-0.25, -0.2) is 0 Å². The van der Waals surface area contributed by atoms with E-state index < -0.39 is 34.8 Å². The highest BCUT2D eigenvalue weighted by atomic mass is 79.9. The number of hydrogen-bond acceptors (Lipinski definition) is 1. The molecule has 0 aliphatic rings. The first-order valence-electron chi connectivity index (χ1n) is 4.90. The van der Waals surface area contributed by atoms with Crippen molar-refractivity contribution in [3.63, 3.8) is 0 Å². The lowest BCUT2D eigenvalue weighted by Gasteiger charge is -2.31.